The third-order valence-electron chi connectivity index (χ3n) is 1.65. The molecule has 8 heteroatoms. The van der Waals surface area contributed by atoms with Gasteiger partial charge in [0.15, 0.2) is 0 Å². The monoisotopic (exact) mass is 317 g/mol. The third kappa shape index (κ3) is 3.60. The molecule has 0 bridgehead atoms. The molecule has 0 atom stereocenters. The van der Waals surface area contributed by atoms with Crippen molar-refractivity contribution >= 4 is 62.1 Å². The maximum Gasteiger partial charge on any atom is 0.269 e. The molecule has 0 aliphatic heterocycles. The molecule has 0 heterocycles. The van der Waals surface area contributed by atoms with Crippen LogP contribution in [-0.4, -0.2) is 11.2 Å². The van der Waals surface area contributed by atoms with Crippen LogP contribution in [0, 0.1) is 10.1 Å². The lowest BCUT2D eigenvalue weighted by Crippen LogP contribution is -2.03. The highest BCUT2D eigenvalue weighted by Gasteiger charge is 2.28. The fraction of sp³-hybridized carbons (Fsp3) is 0.250. The quantitative estimate of drug-likeness (QED) is 0.348. The molecule has 88 valence electrons. The van der Waals surface area contributed by atoms with Crippen LogP contribution >= 0.6 is 56.4 Å². The second-order valence-electron chi connectivity index (χ2n) is 2.69. The van der Waals surface area contributed by atoms with Gasteiger partial charge in [-0.05, 0) is 12.3 Å². The molecule has 0 N–H and O–H groups in total. The maximum atomic E-state index is 10.6. The Kier molecular flexibility index (Phi) is 5.07. The zero-order valence-corrected chi connectivity index (χ0v) is 11.8. The Hall–Kier alpha value is 0.190. The molecule has 1 rings (SSSR count). The van der Waals surface area contributed by atoms with Gasteiger partial charge in [0.05, 0.1) is 4.92 Å². The van der Waals surface area contributed by atoms with E-state index in [0.29, 0.717) is 10.5 Å². The van der Waals surface area contributed by atoms with E-state index in [2.05, 4.69) is 0 Å². The van der Waals surface area contributed by atoms with Gasteiger partial charge >= 0.3 is 0 Å². The zero-order valence-electron chi connectivity index (χ0n) is 7.95. The molecule has 3 nitrogen and oxygen atoms in total. The lowest BCUT2D eigenvalue weighted by molar-refractivity contribution is -0.385. The molecule has 0 spiro atoms. The van der Waals surface area contributed by atoms with Crippen molar-refractivity contribution in [3.8, 4) is 0 Å². The summed E-state index contributed by atoms with van der Waals surface area (Å²) in [4.78, 5) is 10.8. The highest BCUT2D eigenvalue weighted by Crippen LogP contribution is 2.46. The first-order valence-electron chi connectivity index (χ1n) is 3.92. The number of rotatable bonds is 3. The molecule has 0 saturated heterocycles. The van der Waals surface area contributed by atoms with E-state index in [4.69, 9.17) is 34.8 Å². The molecule has 0 fully saturated rings. The van der Waals surface area contributed by atoms with E-state index in [1.807, 2.05) is 6.26 Å². The first kappa shape index (κ1) is 14.3. The summed E-state index contributed by atoms with van der Waals surface area (Å²) in [5.41, 5.74) is 0.234. The lowest BCUT2D eigenvalue weighted by atomic mass is 10.2. The van der Waals surface area contributed by atoms with Crippen LogP contribution in [0.3, 0.4) is 0 Å². The van der Waals surface area contributed by atoms with E-state index in [-0.39, 0.29) is 5.69 Å². The molecule has 0 aromatic heterocycles. The Morgan fingerprint density at radius 3 is 2.44 bits per heavy atom. The summed E-state index contributed by atoms with van der Waals surface area (Å²) in [7, 11) is 2.86. The fourth-order valence-corrected chi connectivity index (χ4v) is 3.23. The van der Waals surface area contributed by atoms with Gasteiger partial charge in [0.2, 0.25) is 3.79 Å². The van der Waals surface area contributed by atoms with Crippen LogP contribution in [0.1, 0.15) is 5.56 Å². The number of nitrogens with zero attached hydrogens (tertiary/aromatic N) is 1. The Morgan fingerprint density at radius 2 is 2.00 bits per heavy atom. The Balaban J connectivity index is 3.27. The fourth-order valence-electron chi connectivity index (χ4n) is 1.02. The smallest absolute Gasteiger partial charge is 0.258 e. The minimum Gasteiger partial charge on any atom is -0.258 e. The Labute approximate surface area is 115 Å². The predicted molar refractivity (Wildman–Crippen MR) is 71.7 cm³/mol. The number of benzene rings is 1. The van der Waals surface area contributed by atoms with Gasteiger partial charge in [-0.25, -0.2) is 0 Å². The standard InChI is InChI=1S/C8H6Cl3NO2S2/c1-15-16-7-3-2-5(12(13)14)4-6(7)8(9,10)11/h2-4H,1H3. The first-order valence-corrected chi connectivity index (χ1v) is 7.61. The molecule has 16 heavy (non-hydrogen) atoms. The van der Waals surface area contributed by atoms with Gasteiger partial charge in [-0.1, -0.05) is 56.4 Å². The summed E-state index contributed by atoms with van der Waals surface area (Å²) in [5, 5.41) is 10.6. The van der Waals surface area contributed by atoms with Crippen LogP contribution in [0.4, 0.5) is 5.69 Å². The predicted octanol–water partition coefficient (Wildman–Crippen LogP) is 4.79. The SMILES string of the molecule is CSSc1ccc([N+](=O)[O-])cc1C(Cl)(Cl)Cl. The lowest BCUT2D eigenvalue weighted by Gasteiger charge is -2.14. The van der Waals surface area contributed by atoms with Crippen LogP contribution in [0.5, 0.6) is 0 Å². The highest BCUT2D eigenvalue weighted by atomic mass is 35.6. The van der Waals surface area contributed by atoms with Crippen molar-refractivity contribution < 1.29 is 4.92 Å². The second kappa shape index (κ2) is 5.69. The van der Waals surface area contributed by atoms with Gasteiger partial charge in [-0.2, -0.15) is 0 Å². The van der Waals surface area contributed by atoms with Gasteiger partial charge in [0.1, 0.15) is 0 Å². The van der Waals surface area contributed by atoms with Crippen molar-refractivity contribution in [1.29, 1.82) is 0 Å². The van der Waals surface area contributed by atoms with Crippen LogP contribution in [0.25, 0.3) is 0 Å². The van der Waals surface area contributed by atoms with E-state index >= 15 is 0 Å². The van der Waals surface area contributed by atoms with Crippen molar-refractivity contribution in [1.82, 2.24) is 0 Å². The molecule has 0 aliphatic carbocycles. The molecule has 0 aliphatic rings. The van der Waals surface area contributed by atoms with E-state index < -0.39 is 8.72 Å². The summed E-state index contributed by atoms with van der Waals surface area (Å²) < 4.78 is -1.66. The zero-order chi connectivity index (χ0) is 12.3. The summed E-state index contributed by atoms with van der Waals surface area (Å²) >= 11 is 17.3. The number of alkyl halides is 3. The number of hydrogen-bond acceptors (Lipinski definition) is 4. The average Bonchev–Trinajstić information content (AvgIpc) is 2.16. The van der Waals surface area contributed by atoms with Gasteiger partial charge < -0.3 is 0 Å². The molecule has 0 radical (unpaired) electrons. The molecule has 0 saturated carbocycles. The molecule has 1 aromatic carbocycles. The number of hydrogen-bond donors (Lipinski definition) is 0. The molecule has 1 aromatic rings. The van der Waals surface area contributed by atoms with Crippen molar-refractivity contribution in [3.05, 3.63) is 33.9 Å². The first-order chi connectivity index (χ1) is 7.36. The summed E-state index contributed by atoms with van der Waals surface area (Å²) in [6.45, 7) is 0. The molecular weight excluding hydrogens is 313 g/mol. The van der Waals surface area contributed by atoms with Gasteiger partial charge in [0.25, 0.3) is 5.69 Å². The van der Waals surface area contributed by atoms with Crippen LogP contribution in [0.15, 0.2) is 23.1 Å². The largest absolute Gasteiger partial charge is 0.269 e. The second-order valence-corrected chi connectivity index (χ2v) is 7.41. The number of nitro groups is 1. The normalized spacial score (nSPS) is 11.5. The van der Waals surface area contributed by atoms with Gasteiger partial charge in [0, 0.05) is 22.6 Å². The van der Waals surface area contributed by atoms with Crippen LogP contribution in [0.2, 0.25) is 0 Å². The molecule has 0 unspecified atom stereocenters. The van der Waals surface area contributed by atoms with Gasteiger partial charge in [-0.3, -0.25) is 10.1 Å². The van der Waals surface area contributed by atoms with Crippen molar-refractivity contribution in [3.63, 3.8) is 0 Å². The van der Waals surface area contributed by atoms with Crippen LogP contribution in [-0.2, 0) is 3.79 Å². The van der Waals surface area contributed by atoms with Crippen LogP contribution < -0.4 is 0 Å². The van der Waals surface area contributed by atoms with Crippen molar-refractivity contribution in [2.45, 2.75) is 8.69 Å². The molecule has 0 amide bonds. The minimum absolute atomic E-state index is 0.0909. The summed E-state index contributed by atoms with van der Waals surface area (Å²) in [6.07, 6.45) is 1.87. The number of halogens is 3. The summed E-state index contributed by atoms with van der Waals surface area (Å²) in [5.74, 6) is 0. The Bertz CT molecular complexity index is 409. The topological polar surface area (TPSA) is 43.1 Å². The van der Waals surface area contributed by atoms with Gasteiger partial charge in [-0.15, -0.1) is 0 Å². The van der Waals surface area contributed by atoms with E-state index in [1.165, 1.54) is 33.7 Å². The van der Waals surface area contributed by atoms with Crippen molar-refractivity contribution in [2.24, 2.45) is 0 Å². The highest BCUT2D eigenvalue weighted by molar-refractivity contribution is 8.76. The van der Waals surface area contributed by atoms with E-state index in [0.717, 1.165) is 0 Å². The maximum absolute atomic E-state index is 10.6. The van der Waals surface area contributed by atoms with E-state index in [1.54, 1.807) is 6.07 Å². The third-order valence-corrected chi connectivity index (χ3v) is 4.00. The average molecular weight is 319 g/mol. The number of non-ortho nitro benzene ring substituents is 1. The minimum atomic E-state index is -1.66. The Morgan fingerprint density at radius 1 is 1.38 bits per heavy atom. The molecular formula is C8H6Cl3NO2S2. The van der Waals surface area contributed by atoms with E-state index in [9.17, 15) is 10.1 Å². The number of nitro benzene ring substituents is 1. The summed E-state index contributed by atoms with van der Waals surface area (Å²) in [6, 6.07) is 4.25. The van der Waals surface area contributed by atoms with Crippen molar-refractivity contribution in [2.75, 3.05) is 6.26 Å².